The summed E-state index contributed by atoms with van der Waals surface area (Å²) in [5.41, 5.74) is 1.44. The lowest BCUT2D eigenvalue weighted by molar-refractivity contribution is 0.0640. The first-order chi connectivity index (χ1) is 10.8. The van der Waals surface area contributed by atoms with Gasteiger partial charge in [0.1, 0.15) is 29.1 Å². The molecule has 0 amide bonds. The van der Waals surface area contributed by atoms with Gasteiger partial charge in [-0.2, -0.15) is 0 Å². The van der Waals surface area contributed by atoms with E-state index in [1.165, 1.54) is 4.85 Å². The lowest BCUT2D eigenvalue weighted by atomic mass is 10.3. The van der Waals surface area contributed by atoms with E-state index in [1.54, 1.807) is 25.3 Å². The van der Waals surface area contributed by atoms with E-state index in [0.29, 0.717) is 18.2 Å². The highest BCUT2D eigenvalue weighted by Crippen LogP contribution is 2.17. The van der Waals surface area contributed by atoms with E-state index in [-0.39, 0.29) is 0 Å². The predicted molar refractivity (Wildman–Crippen MR) is 82.5 cm³/mol. The van der Waals surface area contributed by atoms with Gasteiger partial charge in [-0.05, 0) is 47.7 Å². The van der Waals surface area contributed by atoms with Crippen LogP contribution in [0.15, 0.2) is 42.5 Å². The van der Waals surface area contributed by atoms with E-state index in [1.807, 2.05) is 24.3 Å². The molecule has 0 radical (unpaired) electrons. The van der Waals surface area contributed by atoms with Gasteiger partial charge in [0.25, 0.3) is 0 Å². The number of halogens is 1. The fourth-order valence-corrected chi connectivity index (χ4v) is 2.09. The third-order valence-electron chi connectivity index (χ3n) is 3.00. The maximum absolute atomic E-state index is 5.95. The topological polar surface area (TPSA) is 58.4 Å². The molecule has 0 fully saturated rings. The Morgan fingerprint density at radius 1 is 1.05 bits per heavy atom. The molecule has 6 nitrogen and oxygen atoms in total. The highest BCUT2D eigenvalue weighted by atomic mass is 35.5. The van der Waals surface area contributed by atoms with Crippen LogP contribution in [0.2, 0.25) is 5.02 Å². The largest absolute Gasteiger partial charge is 0.497 e. The number of fused-ring (bicyclic) bond motifs is 1. The number of benzene rings is 2. The van der Waals surface area contributed by atoms with Crippen molar-refractivity contribution in [2.45, 2.75) is 0 Å². The van der Waals surface area contributed by atoms with Crippen molar-refractivity contribution in [3.05, 3.63) is 47.5 Å². The van der Waals surface area contributed by atoms with Crippen molar-refractivity contribution < 1.29 is 14.3 Å². The van der Waals surface area contributed by atoms with Gasteiger partial charge in [-0.15, -0.1) is 5.10 Å². The predicted octanol–water partition coefficient (Wildman–Crippen LogP) is 2.60. The molecule has 0 aliphatic heterocycles. The Morgan fingerprint density at radius 2 is 1.82 bits per heavy atom. The molecule has 3 aromatic rings. The van der Waals surface area contributed by atoms with E-state index < -0.39 is 0 Å². The van der Waals surface area contributed by atoms with E-state index in [0.717, 1.165) is 22.5 Å². The Hall–Kier alpha value is -2.47. The van der Waals surface area contributed by atoms with Gasteiger partial charge in [-0.25, -0.2) is 0 Å². The second kappa shape index (κ2) is 6.53. The van der Waals surface area contributed by atoms with Crippen LogP contribution in [0.25, 0.3) is 11.0 Å². The van der Waals surface area contributed by atoms with E-state index in [4.69, 9.17) is 25.9 Å². The third kappa shape index (κ3) is 3.23. The molecule has 0 spiro atoms. The van der Waals surface area contributed by atoms with Crippen molar-refractivity contribution in [2.24, 2.45) is 0 Å². The molecule has 0 unspecified atom stereocenters. The number of aromatic nitrogens is 3. The number of hydrogen-bond donors (Lipinski definition) is 0. The first-order valence-corrected chi connectivity index (χ1v) is 7.05. The van der Waals surface area contributed by atoms with E-state index in [9.17, 15) is 0 Å². The van der Waals surface area contributed by atoms with Crippen LogP contribution in [0.4, 0.5) is 0 Å². The van der Waals surface area contributed by atoms with E-state index in [2.05, 4.69) is 10.3 Å². The molecular formula is C15H14ClN3O3. The minimum absolute atomic E-state index is 0.330. The number of hydrogen-bond acceptors (Lipinski definition) is 5. The van der Waals surface area contributed by atoms with Gasteiger partial charge in [0.2, 0.25) is 0 Å². The summed E-state index contributed by atoms with van der Waals surface area (Å²) in [7, 11) is 1.62. The summed E-state index contributed by atoms with van der Waals surface area (Å²) in [5, 5.41) is 8.51. The lowest BCUT2D eigenvalue weighted by Crippen LogP contribution is -2.19. The molecule has 22 heavy (non-hydrogen) atoms. The minimum atomic E-state index is 0.330. The van der Waals surface area contributed by atoms with Crippen LogP contribution in [-0.4, -0.2) is 35.5 Å². The summed E-state index contributed by atoms with van der Waals surface area (Å²) in [4.78, 5) is 6.86. The molecule has 2 aromatic carbocycles. The maximum Gasteiger partial charge on any atom is 0.151 e. The minimum Gasteiger partial charge on any atom is -0.497 e. The normalized spacial score (nSPS) is 10.6. The Balaban J connectivity index is 1.54. The van der Waals surface area contributed by atoms with Crippen LogP contribution >= 0.6 is 11.6 Å². The molecule has 0 aliphatic carbocycles. The van der Waals surface area contributed by atoms with Crippen molar-refractivity contribution in [2.75, 3.05) is 20.3 Å². The number of nitrogens with zero attached hydrogens (tertiary/aromatic N) is 3. The van der Waals surface area contributed by atoms with Crippen molar-refractivity contribution in [1.29, 1.82) is 0 Å². The zero-order chi connectivity index (χ0) is 15.4. The summed E-state index contributed by atoms with van der Waals surface area (Å²) in [6.45, 7) is 0.714. The number of methoxy groups -OCH3 is 1. The third-order valence-corrected chi connectivity index (χ3v) is 3.24. The molecule has 1 aromatic heterocycles. The molecule has 0 atom stereocenters. The fraction of sp³-hybridized carbons (Fsp3) is 0.200. The number of ether oxygens (including phenoxy) is 2. The lowest BCUT2D eigenvalue weighted by Gasteiger charge is -2.08. The fourth-order valence-electron chi connectivity index (χ4n) is 1.92. The average molecular weight is 320 g/mol. The molecule has 7 heteroatoms. The van der Waals surface area contributed by atoms with Gasteiger partial charge in [-0.1, -0.05) is 16.4 Å². The summed E-state index contributed by atoms with van der Waals surface area (Å²) < 4.78 is 10.7. The average Bonchev–Trinajstić information content (AvgIpc) is 2.94. The Bertz CT molecular complexity index is 758. The van der Waals surface area contributed by atoms with Crippen molar-refractivity contribution in [3.63, 3.8) is 0 Å². The van der Waals surface area contributed by atoms with Crippen LogP contribution in [0, 0.1) is 0 Å². The quantitative estimate of drug-likeness (QED) is 0.654. The first-order valence-electron chi connectivity index (χ1n) is 6.67. The Labute approximate surface area is 132 Å². The van der Waals surface area contributed by atoms with Crippen LogP contribution in [0.5, 0.6) is 11.5 Å². The SMILES string of the molecule is COc1ccc(OCCOn2nnc3ccc(Cl)cc32)cc1. The summed E-state index contributed by atoms with van der Waals surface area (Å²) in [5.74, 6) is 1.53. The smallest absolute Gasteiger partial charge is 0.151 e. The Kier molecular flexibility index (Phi) is 4.29. The second-order valence-electron chi connectivity index (χ2n) is 4.45. The van der Waals surface area contributed by atoms with Crippen LogP contribution in [0.1, 0.15) is 0 Å². The monoisotopic (exact) mass is 319 g/mol. The van der Waals surface area contributed by atoms with Gasteiger partial charge >= 0.3 is 0 Å². The molecule has 114 valence electrons. The van der Waals surface area contributed by atoms with Gasteiger partial charge in [-0.3, -0.25) is 0 Å². The van der Waals surface area contributed by atoms with Gasteiger partial charge < -0.3 is 14.3 Å². The standard InChI is InChI=1S/C15H14ClN3O3/c1-20-12-3-5-13(6-4-12)21-8-9-22-19-15-10-11(16)2-7-14(15)17-18-19/h2-7,10H,8-9H2,1H3. The molecule has 0 aliphatic rings. The highest BCUT2D eigenvalue weighted by molar-refractivity contribution is 6.31. The summed E-state index contributed by atoms with van der Waals surface area (Å²) in [6.07, 6.45) is 0. The van der Waals surface area contributed by atoms with Crippen molar-refractivity contribution in [3.8, 4) is 11.5 Å². The van der Waals surface area contributed by atoms with Crippen molar-refractivity contribution in [1.82, 2.24) is 15.2 Å². The molecule has 3 rings (SSSR count). The molecule has 0 bridgehead atoms. The molecule has 0 saturated heterocycles. The van der Waals surface area contributed by atoms with Gasteiger partial charge in [0.05, 0.1) is 7.11 Å². The number of rotatable bonds is 6. The zero-order valence-corrected chi connectivity index (χ0v) is 12.7. The molecule has 1 heterocycles. The zero-order valence-electron chi connectivity index (χ0n) is 11.9. The van der Waals surface area contributed by atoms with Crippen LogP contribution in [0.3, 0.4) is 0 Å². The van der Waals surface area contributed by atoms with Crippen molar-refractivity contribution >= 4 is 22.6 Å². The molecular weight excluding hydrogens is 306 g/mol. The van der Waals surface area contributed by atoms with Crippen LogP contribution in [-0.2, 0) is 0 Å². The second-order valence-corrected chi connectivity index (χ2v) is 4.89. The van der Waals surface area contributed by atoms with Gasteiger partial charge in [0.15, 0.2) is 6.61 Å². The van der Waals surface area contributed by atoms with Gasteiger partial charge in [0, 0.05) is 5.02 Å². The highest BCUT2D eigenvalue weighted by Gasteiger charge is 2.05. The summed E-state index contributed by atoms with van der Waals surface area (Å²) >= 11 is 5.95. The summed E-state index contributed by atoms with van der Waals surface area (Å²) in [6, 6.07) is 12.6. The Morgan fingerprint density at radius 3 is 2.59 bits per heavy atom. The molecule has 0 saturated carbocycles. The molecule has 0 N–H and O–H groups in total. The maximum atomic E-state index is 5.95. The van der Waals surface area contributed by atoms with E-state index >= 15 is 0 Å². The van der Waals surface area contributed by atoms with Crippen LogP contribution < -0.4 is 14.3 Å². The first kappa shape index (κ1) is 14.5.